The van der Waals surface area contributed by atoms with Crippen LogP contribution >= 0.6 is 23.2 Å². The molecule has 0 unspecified atom stereocenters. The third-order valence-electron chi connectivity index (χ3n) is 4.40. The number of fused-ring (bicyclic) bond motifs is 1. The van der Waals surface area contributed by atoms with Crippen molar-refractivity contribution < 1.29 is 9.59 Å². The number of nitrogens with zero attached hydrogens (tertiary/aromatic N) is 2. The first-order chi connectivity index (χ1) is 11.5. The largest absolute Gasteiger partial charge is 0.333 e. The second kappa shape index (κ2) is 6.99. The van der Waals surface area contributed by atoms with Gasteiger partial charge in [-0.1, -0.05) is 29.8 Å². The molecule has 3 rings (SSSR count). The number of hydrogen-bond acceptors (Lipinski definition) is 2. The van der Waals surface area contributed by atoms with Crippen LogP contribution in [-0.2, 0) is 11.2 Å². The molecule has 0 N–H and O–H groups in total. The van der Waals surface area contributed by atoms with Gasteiger partial charge in [0.2, 0.25) is 5.91 Å². The molecule has 1 aromatic rings. The molecular formula is C18H18Cl2N2O2. The molecule has 0 saturated heterocycles. The fourth-order valence-electron chi connectivity index (χ4n) is 3.13. The number of hydrogen-bond donors (Lipinski definition) is 0. The summed E-state index contributed by atoms with van der Waals surface area (Å²) in [5.41, 5.74) is 2.49. The Morgan fingerprint density at radius 1 is 1.12 bits per heavy atom. The fourth-order valence-corrected chi connectivity index (χ4v) is 3.51. The topological polar surface area (TPSA) is 40.6 Å². The molecule has 2 aliphatic heterocycles. The van der Waals surface area contributed by atoms with Gasteiger partial charge in [0, 0.05) is 35.8 Å². The van der Waals surface area contributed by atoms with E-state index in [9.17, 15) is 9.59 Å². The molecular weight excluding hydrogens is 347 g/mol. The lowest BCUT2D eigenvalue weighted by Gasteiger charge is -2.30. The van der Waals surface area contributed by atoms with Crippen LogP contribution in [-0.4, -0.2) is 36.3 Å². The predicted molar refractivity (Wildman–Crippen MR) is 96.6 cm³/mol. The van der Waals surface area contributed by atoms with Gasteiger partial charge in [0.1, 0.15) is 0 Å². The second-order valence-electron chi connectivity index (χ2n) is 5.93. The minimum absolute atomic E-state index is 0.0627. The molecule has 2 aliphatic rings. The zero-order valence-corrected chi connectivity index (χ0v) is 14.7. The van der Waals surface area contributed by atoms with Crippen LogP contribution in [0.4, 0.5) is 5.69 Å². The van der Waals surface area contributed by atoms with Gasteiger partial charge in [0.25, 0.3) is 5.91 Å². The Labute approximate surface area is 151 Å². The molecule has 126 valence electrons. The van der Waals surface area contributed by atoms with Gasteiger partial charge in [-0.3, -0.25) is 9.59 Å². The van der Waals surface area contributed by atoms with Crippen molar-refractivity contribution in [3.63, 3.8) is 0 Å². The Hall–Kier alpha value is -1.78. The number of carbonyl (C=O) groups is 2. The van der Waals surface area contributed by atoms with Crippen LogP contribution in [0.1, 0.15) is 28.8 Å². The Kier molecular flexibility index (Phi) is 4.97. The third kappa shape index (κ3) is 3.21. The minimum atomic E-state index is -0.113. The minimum Gasteiger partial charge on any atom is -0.333 e. The maximum Gasteiger partial charge on any atom is 0.254 e. The highest BCUT2D eigenvalue weighted by molar-refractivity contribution is 6.39. The lowest BCUT2D eigenvalue weighted by atomic mass is 9.98. The van der Waals surface area contributed by atoms with E-state index in [1.165, 1.54) is 6.08 Å². The molecule has 0 spiro atoms. The molecule has 2 heterocycles. The van der Waals surface area contributed by atoms with Crippen molar-refractivity contribution in [3.8, 4) is 0 Å². The summed E-state index contributed by atoms with van der Waals surface area (Å²) in [6.07, 6.45) is 3.63. The Morgan fingerprint density at radius 2 is 1.92 bits per heavy atom. The molecule has 2 amide bonds. The van der Waals surface area contributed by atoms with Crippen molar-refractivity contribution >= 4 is 40.7 Å². The Morgan fingerprint density at radius 3 is 2.62 bits per heavy atom. The maximum atomic E-state index is 12.7. The van der Waals surface area contributed by atoms with Crippen LogP contribution in [0.15, 0.2) is 40.9 Å². The number of rotatable bonds is 2. The van der Waals surface area contributed by atoms with E-state index in [4.69, 9.17) is 23.2 Å². The molecule has 0 fully saturated rings. The van der Waals surface area contributed by atoms with E-state index in [1.54, 1.807) is 15.9 Å². The number of amides is 2. The summed E-state index contributed by atoms with van der Waals surface area (Å²) in [6.45, 7) is 5.13. The van der Waals surface area contributed by atoms with E-state index in [0.717, 1.165) is 24.1 Å². The molecule has 0 bridgehead atoms. The van der Waals surface area contributed by atoms with Crippen LogP contribution < -0.4 is 4.90 Å². The monoisotopic (exact) mass is 364 g/mol. The van der Waals surface area contributed by atoms with E-state index >= 15 is 0 Å². The van der Waals surface area contributed by atoms with Gasteiger partial charge in [0.15, 0.2) is 0 Å². The zero-order chi connectivity index (χ0) is 17.3. The Balaban J connectivity index is 1.85. The number of benzene rings is 1. The maximum absolute atomic E-state index is 12.7. The van der Waals surface area contributed by atoms with Gasteiger partial charge in [-0.05, 0) is 42.7 Å². The van der Waals surface area contributed by atoms with Crippen LogP contribution in [0.2, 0.25) is 0 Å². The molecule has 0 radical (unpaired) electrons. The molecule has 0 atom stereocenters. The van der Waals surface area contributed by atoms with Crippen molar-refractivity contribution in [1.82, 2.24) is 4.90 Å². The number of anilines is 1. The predicted octanol–water partition coefficient (Wildman–Crippen LogP) is 3.69. The van der Waals surface area contributed by atoms with Gasteiger partial charge in [-0.2, -0.15) is 0 Å². The normalized spacial score (nSPS) is 17.6. The lowest BCUT2D eigenvalue weighted by molar-refractivity contribution is -0.114. The third-order valence-corrected chi connectivity index (χ3v) is 5.26. The summed E-state index contributed by atoms with van der Waals surface area (Å²) in [6, 6.07) is 5.50. The van der Waals surface area contributed by atoms with Crippen LogP contribution in [0.25, 0.3) is 0 Å². The zero-order valence-electron chi connectivity index (χ0n) is 13.2. The quantitative estimate of drug-likeness (QED) is 0.750. The average Bonchev–Trinajstić information content (AvgIpc) is 2.61. The van der Waals surface area contributed by atoms with Crippen molar-refractivity contribution in [1.29, 1.82) is 0 Å². The van der Waals surface area contributed by atoms with E-state index in [-0.39, 0.29) is 11.8 Å². The smallest absolute Gasteiger partial charge is 0.254 e. The molecule has 0 aliphatic carbocycles. The average molecular weight is 365 g/mol. The van der Waals surface area contributed by atoms with Crippen LogP contribution in [0.5, 0.6) is 0 Å². The number of halogens is 2. The van der Waals surface area contributed by atoms with E-state index in [1.807, 2.05) is 12.1 Å². The van der Waals surface area contributed by atoms with Gasteiger partial charge in [-0.15, -0.1) is 0 Å². The number of aryl methyl sites for hydroxylation is 1. The van der Waals surface area contributed by atoms with Crippen LogP contribution in [0, 0.1) is 0 Å². The van der Waals surface area contributed by atoms with Gasteiger partial charge in [0.05, 0.1) is 11.6 Å². The molecule has 4 nitrogen and oxygen atoms in total. The summed E-state index contributed by atoms with van der Waals surface area (Å²) in [7, 11) is 0. The van der Waals surface area contributed by atoms with E-state index < -0.39 is 0 Å². The summed E-state index contributed by atoms with van der Waals surface area (Å²) < 4.78 is 0. The van der Waals surface area contributed by atoms with Gasteiger partial charge >= 0.3 is 0 Å². The Bertz CT molecular complexity index is 743. The summed E-state index contributed by atoms with van der Waals surface area (Å²) in [5, 5.41) is 1.15. The highest BCUT2D eigenvalue weighted by atomic mass is 35.5. The van der Waals surface area contributed by atoms with Crippen molar-refractivity contribution in [3.05, 3.63) is 52.0 Å². The summed E-state index contributed by atoms with van der Waals surface area (Å²) in [5.74, 6) is -0.176. The first-order valence-electron chi connectivity index (χ1n) is 7.90. The van der Waals surface area contributed by atoms with Gasteiger partial charge in [-0.25, -0.2) is 0 Å². The second-order valence-corrected chi connectivity index (χ2v) is 6.84. The molecule has 1 aromatic carbocycles. The van der Waals surface area contributed by atoms with Crippen molar-refractivity contribution in [2.24, 2.45) is 0 Å². The molecule has 0 saturated carbocycles. The first kappa shape index (κ1) is 17.1. The van der Waals surface area contributed by atoms with Crippen molar-refractivity contribution in [2.75, 3.05) is 24.5 Å². The van der Waals surface area contributed by atoms with E-state index in [2.05, 4.69) is 6.58 Å². The molecule has 6 heteroatoms. The first-order valence-corrected chi connectivity index (χ1v) is 8.66. The van der Waals surface area contributed by atoms with Crippen molar-refractivity contribution in [2.45, 2.75) is 19.3 Å². The molecule has 24 heavy (non-hydrogen) atoms. The summed E-state index contributed by atoms with van der Waals surface area (Å²) >= 11 is 12.1. The SMILES string of the molecule is C=CC(=O)N1CCCc2cc(C(=O)N3CCC(Cl)=C(Cl)C3)ccc21. The standard InChI is InChI=1S/C18H18Cl2N2O2/c1-2-17(23)22-8-3-4-12-10-13(5-6-16(12)22)18(24)21-9-7-14(19)15(20)11-21/h2,5-6,10H,1,3-4,7-9,11H2. The fraction of sp³-hybridized carbons (Fsp3) is 0.333. The highest BCUT2D eigenvalue weighted by Crippen LogP contribution is 2.30. The molecule has 0 aromatic heterocycles. The number of carbonyl (C=O) groups excluding carboxylic acids is 2. The van der Waals surface area contributed by atoms with E-state index in [0.29, 0.717) is 41.7 Å². The van der Waals surface area contributed by atoms with Gasteiger partial charge < -0.3 is 9.80 Å². The lowest BCUT2D eigenvalue weighted by Crippen LogP contribution is -2.36. The summed E-state index contributed by atoms with van der Waals surface area (Å²) in [4.78, 5) is 28.1. The van der Waals surface area contributed by atoms with Crippen LogP contribution in [0.3, 0.4) is 0 Å². The highest BCUT2D eigenvalue weighted by Gasteiger charge is 2.25.